The van der Waals surface area contributed by atoms with Crippen LogP contribution in [-0.2, 0) is 9.59 Å². The third-order valence-electron chi connectivity index (χ3n) is 5.04. The number of anilines is 1. The number of amides is 3. The zero-order chi connectivity index (χ0) is 22.1. The fraction of sp³-hybridized carbons (Fsp3) is 0.304. The van der Waals surface area contributed by atoms with Gasteiger partial charge in [0, 0.05) is 6.04 Å². The van der Waals surface area contributed by atoms with Gasteiger partial charge in [-0.1, -0.05) is 43.5 Å². The molecule has 2 aromatic rings. The molecule has 0 spiro atoms. The Labute approximate surface area is 181 Å². The summed E-state index contributed by atoms with van der Waals surface area (Å²) < 4.78 is 5.12. The van der Waals surface area contributed by atoms with Crippen LogP contribution in [0, 0.1) is 0 Å². The van der Waals surface area contributed by atoms with E-state index in [1.54, 1.807) is 55.6 Å². The van der Waals surface area contributed by atoms with Gasteiger partial charge in [0.05, 0.1) is 24.6 Å². The van der Waals surface area contributed by atoms with Crippen molar-refractivity contribution in [3.63, 3.8) is 0 Å². The van der Waals surface area contributed by atoms with Crippen molar-refractivity contribution in [2.24, 2.45) is 5.10 Å². The van der Waals surface area contributed by atoms with Crippen LogP contribution in [0.25, 0.3) is 0 Å². The Balaban J connectivity index is 1.58. The minimum Gasteiger partial charge on any atom is -0.497 e. The lowest BCUT2D eigenvalue weighted by molar-refractivity contribution is -0.136. The van der Waals surface area contributed by atoms with Gasteiger partial charge in [0.15, 0.2) is 0 Å². The second-order valence-corrected chi connectivity index (χ2v) is 7.28. The number of nitrogens with one attached hydrogen (secondary N) is 3. The summed E-state index contributed by atoms with van der Waals surface area (Å²) in [6, 6.07) is 13.8. The van der Waals surface area contributed by atoms with Crippen LogP contribution < -0.4 is 20.8 Å². The summed E-state index contributed by atoms with van der Waals surface area (Å²) >= 11 is 0. The van der Waals surface area contributed by atoms with Crippen LogP contribution in [0.1, 0.15) is 48.0 Å². The zero-order valence-corrected chi connectivity index (χ0v) is 17.4. The number of hydrazone groups is 1. The SMILES string of the molecule is COc1cccc(/C=N\NC(=O)C(=O)Nc2ccccc2C(=O)NC2CCCCC2)c1. The van der Waals surface area contributed by atoms with Gasteiger partial charge in [0.25, 0.3) is 5.91 Å². The minimum absolute atomic E-state index is 0.138. The second kappa shape index (κ2) is 10.9. The molecule has 2 aromatic carbocycles. The molecule has 1 aliphatic carbocycles. The number of carbonyl (C=O) groups excluding carboxylic acids is 3. The summed E-state index contributed by atoms with van der Waals surface area (Å²) in [4.78, 5) is 37.0. The lowest BCUT2D eigenvalue weighted by atomic mass is 9.95. The molecule has 0 saturated heterocycles. The summed E-state index contributed by atoms with van der Waals surface area (Å²) in [5.74, 6) is -1.47. The van der Waals surface area contributed by atoms with Crippen LogP contribution in [0.5, 0.6) is 5.75 Å². The van der Waals surface area contributed by atoms with Crippen molar-refractivity contribution in [2.45, 2.75) is 38.1 Å². The van der Waals surface area contributed by atoms with Crippen molar-refractivity contribution in [3.8, 4) is 5.75 Å². The van der Waals surface area contributed by atoms with Crippen molar-refractivity contribution in [1.29, 1.82) is 0 Å². The predicted molar refractivity (Wildman–Crippen MR) is 118 cm³/mol. The normalized spacial score (nSPS) is 14.1. The molecule has 31 heavy (non-hydrogen) atoms. The number of benzene rings is 2. The first-order chi connectivity index (χ1) is 15.1. The maximum Gasteiger partial charge on any atom is 0.329 e. The summed E-state index contributed by atoms with van der Waals surface area (Å²) in [6.07, 6.45) is 6.69. The van der Waals surface area contributed by atoms with Gasteiger partial charge in [-0.05, 0) is 42.7 Å². The van der Waals surface area contributed by atoms with E-state index in [1.807, 2.05) is 0 Å². The van der Waals surface area contributed by atoms with Gasteiger partial charge in [-0.2, -0.15) is 5.10 Å². The van der Waals surface area contributed by atoms with Crippen LogP contribution in [0.2, 0.25) is 0 Å². The highest BCUT2D eigenvalue weighted by Gasteiger charge is 2.20. The molecule has 0 atom stereocenters. The summed E-state index contributed by atoms with van der Waals surface area (Å²) in [5.41, 5.74) is 3.46. The topological polar surface area (TPSA) is 109 Å². The Morgan fingerprint density at radius 1 is 1.00 bits per heavy atom. The largest absolute Gasteiger partial charge is 0.497 e. The van der Waals surface area contributed by atoms with Crippen LogP contribution in [0.15, 0.2) is 53.6 Å². The summed E-state index contributed by atoms with van der Waals surface area (Å²) in [6.45, 7) is 0. The van der Waals surface area contributed by atoms with Crippen LogP contribution in [0.3, 0.4) is 0 Å². The van der Waals surface area contributed by atoms with Crippen LogP contribution in [-0.4, -0.2) is 37.1 Å². The van der Waals surface area contributed by atoms with E-state index in [-0.39, 0.29) is 17.6 Å². The Hall–Kier alpha value is -3.68. The molecule has 0 aromatic heterocycles. The molecule has 1 saturated carbocycles. The minimum atomic E-state index is -0.943. The highest BCUT2D eigenvalue weighted by Crippen LogP contribution is 2.20. The highest BCUT2D eigenvalue weighted by molar-refractivity contribution is 6.40. The Morgan fingerprint density at radius 3 is 2.55 bits per heavy atom. The number of carbonyl (C=O) groups is 3. The van der Waals surface area contributed by atoms with E-state index >= 15 is 0 Å². The van der Waals surface area contributed by atoms with E-state index in [2.05, 4.69) is 21.2 Å². The van der Waals surface area contributed by atoms with Gasteiger partial charge in [-0.15, -0.1) is 0 Å². The molecule has 0 aliphatic heterocycles. The number of nitrogens with zero attached hydrogens (tertiary/aromatic N) is 1. The molecule has 0 radical (unpaired) electrons. The molecule has 162 valence electrons. The Bertz CT molecular complexity index is 968. The van der Waals surface area contributed by atoms with Crippen molar-refractivity contribution in [3.05, 3.63) is 59.7 Å². The van der Waals surface area contributed by atoms with Gasteiger partial charge in [0.1, 0.15) is 5.75 Å². The molecule has 8 nitrogen and oxygen atoms in total. The molecule has 3 amide bonds. The molecule has 8 heteroatoms. The zero-order valence-electron chi connectivity index (χ0n) is 17.4. The number of hydrogen-bond donors (Lipinski definition) is 3. The summed E-state index contributed by atoms with van der Waals surface area (Å²) in [5, 5.41) is 9.30. The maximum atomic E-state index is 12.7. The van der Waals surface area contributed by atoms with Gasteiger partial charge >= 0.3 is 11.8 Å². The molecule has 0 heterocycles. The maximum absolute atomic E-state index is 12.7. The van der Waals surface area contributed by atoms with Crippen LogP contribution >= 0.6 is 0 Å². The van der Waals surface area contributed by atoms with E-state index < -0.39 is 11.8 Å². The van der Waals surface area contributed by atoms with Crippen LogP contribution in [0.4, 0.5) is 5.69 Å². The Morgan fingerprint density at radius 2 is 1.77 bits per heavy atom. The van der Waals surface area contributed by atoms with E-state index in [4.69, 9.17) is 4.74 Å². The Kier molecular flexibility index (Phi) is 7.75. The second-order valence-electron chi connectivity index (χ2n) is 7.28. The van der Waals surface area contributed by atoms with Crippen molar-refractivity contribution < 1.29 is 19.1 Å². The highest BCUT2D eigenvalue weighted by atomic mass is 16.5. The number of ether oxygens (including phenoxy) is 1. The predicted octanol–water partition coefficient (Wildman–Crippen LogP) is 2.85. The molecule has 0 bridgehead atoms. The number of para-hydroxylation sites is 1. The van der Waals surface area contributed by atoms with E-state index in [0.29, 0.717) is 16.9 Å². The lowest BCUT2D eigenvalue weighted by Crippen LogP contribution is -2.37. The average Bonchev–Trinajstić information content (AvgIpc) is 2.80. The first-order valence-electron chi connectivity index (χ1n) is 10.2. The third-order valence-corrected chi connectivity index (χ3v) is 5.04. The van der Waals surface area contributed by atoms with Gasteiger partial charge in [-0.25, -0.2) is 5.43 Å². The molecule has 0 unspecified atom stereocenters. The van der Waals surface area contributed by atoms with Gasteiger partial charge < -0.3 is 15.4 Å². The monoisotopic (exact) mass is 422 g/mol. The molecular weight excluding hydrogens is 396 g/mol. The number of rotatable bonds is 6. The molecule has 1 fully saturated rings. The van der Waals surface area contributed by atoms with Gasteiger partial charge in [0.2, 0.25) is 0 Å². The fourth-order valence-electron chi connectivity index (χ4n) is 3.42. The molecule has 3 rings (SSSR count). The van der Waals surface area contributed by atoms with Crippen molar-refractivity contribution in [2.75, 3.05) is 12.4 Å². The average molecular weight is 422 g/mol. The standard InChI is InChI=1S/C23H26N4O4/c1-31-18-11-7-8-16(14-18)15-24-27-23(30)22(29)26-20-13-6-5-12-19(20)21(28)25-17-9-3-2-4-10-17/h5-8,11-15,17H,2-4,9-10H2,1H3,(H,25,28)(H,26,29)(H,27,30)/b24-15-. The quantitative estimate of drug-likeness (QED) is 0.378. The van der Waals surface area contributed by atoms with E-state index in [1.165, 1.54) is 12.6 Å². The third kappa shape index (κ3) is 6.40. The van der Waals surface area contributed by atoms with Gasteiger partial charge in [-0.3, -0.25) is 14.4 Å². The smallest absolute Gasteiger partial charge is 0.329 e. The van der Waals surface area contributed by atoms with E-state index in [0.717, 1.165) is 25.7 Å². The van der Waals surface area contributed by atoms with E-state index in [9.17, 15) is 14.4 Å². The molecular formula is C23H26N4O4. The molecule has 3 N–H and O–H groups in total. The summed E-state index contributed by atoms with van der Waals surface area (Å²) in [7, 11) is 1.55. The number of hydrogen-bond acceptors (Lipinski definition) is 5. The van der Waals surface area contributed by atoms with Crippen molar-refractivity contribution >= 4 is 29.6 Å². The first kappa shape index (κ1) is 22.0. The number of methoxy groups -OCH3 is 1. The first-order valence-corrected chi connectivity index (χ1v) is 10.2. The lowest BCUT2D eigenvalue weighted by Gasteiger charge is -2.23. The molecule has 1 aliphatic rings. The van der Waals surface area contributed by atoms with Crippen molar-refractivity contribution in [1.82, 2.24) is 10.7 Å². The fourth-order valence-corrected chi connectivity index (χ4v) is 3.42.